The number of hydrogen-bond acceptors (Lipinski definition) is 2. The van der Waals surface area contributed by atoms with Crippen LogP contribution in [0.1, 0.15) is 26.2 Å². The summed E-state index contributed by atoms with van der Waals surface area (Å²) in [7, 11) is 0. The van der Waals surface area contributed by atoms with E-state index in [0.29, 0.717) is 12.5 Å². The van der Waals surface area contributed by atoms with E-state index >= 15 is 0 Å². The number of amides is 1. The first-order valence-electron chi connectivity index (χ1n) is 5.45. The molecule has 1 heterocycles. The highest BCUT2D eigenvalue weighted by molar-refractivity contribution is 5.85. The summed E-state index contributed by atoms with van der Waals surface area (Å²) >= 11 is 0. The van der Waals surface area contributed by atoms with E-state index in [0.717, 1.165) is 13.0 Å². The lowest BCUT2D eigenvalue weighted by atomic mass is 9.95. The molecule has 0 aliphatic carbocycles. The number of piperidine rings is 1. The molecule has 0 aromatic carbocycles. The Kier molecular flexibility index (Phi) is 6.85. The lowest BCUT2D eigenvalue weighted by Gasteiger charge is -2.30. The van der Waals surface area contributed by atoms with Gasteiger partial charge < -0.3 is 10.6 Å². The van der Waals surface area contributed by atoms with Gasteiger partial charge in [0.1, 0.15) is 0 Å². The highest BCUT2D eigenvalue weighted by Crippen LogP contribution is 2.21. The second kappa shape index (κ2) is 7.06. The first-order chi connectivity index (χ1) is 7.38. The summed E-state index contributed by atoms with van der Waals surface area (Å²) in [5.41, 5.74) is 0. The largest absolute Gasteiger partial charge is 0.389 e. The van der Waals surface area contributed by atoms with E-state index in [2.05, 4.69) is 10.6 Å². The van der Waals surface area contributed by atoms with Crippen LogP contribution in [0.15, 0.2) is 0 Å². The topological polar surface area (TPSA) is 41.1 Å². The standard InChI is InChI=1S/C10H17F3N2O.ClH/c1-7-3-5-14-6-8(7)15-9(16)2-4-10(11,12)13;/h7-8,14H,2-6H2,1H3,(H,15,16);1H. The van der Waals surface area contributed by atoms with Crippen molar-refractivity contribution >= 4 is 18.3 Å². The van der Waals surface area contributed by atoms with Gasteiger partial charge in [-0.25, -0.2) is 0 Å². The fourth-order valence-electron chi connectivity index (χ4n) is 1.72. The van der Waals surface area contributed by atoms with Gasteiger partial charge in [0.05, 0.1) is 6.42 Å². The fourth-order valence-corrected chi connectivity index (χ4v) is 1.72. The van der Waals surface area contributed by atoms with Crippen molar-refractivity contribution in [2.45, 2.75) is 38.4 Å². The molecule has 1 aliphatic rings. The molecular formula is C10H18ClF3N2O. The third kappa shape index (κ3) is 6.73. The van der Waals surface area contributed by atoms with Gasteiger partial charge in [-0.1, -0.05) is 6.92 Å². The van der Waals surface area contributed by atoms with Crippen molar-refractivity contribution in [3.8, 4) is 0 Å². The number of carbonyl (C=O) groups excluding carboxylic acids is 1. The number of rotatable bonds is 3. The predicted octanol–water partition coefficient (Wildman–Crippen LogP) is 1.86. The Balaban J connectivity index is 0.00000256. The number of halogens is 4. The minimum Gasteiger partial charge on any atom is -0.352 e. The Morgan fingerprint density at radius 1 is 1.47 bits per heavy atom. The molecule has 1 aliphatic heterocycles. The van der Waals surface area contributed by atoms with Gasteiger partial charge in [0.2, 0.25) is 5.91 Å². The summed E-state index contributed by atoms with van der Waals surface area (Å²) in [4.78, 5) is 11.3. The van der Waals surface area contributed by atoms with Gasteiger partial charge in [0.25, 0.3) is 0 Å². The van der Waals surface area contributed by atoms with Crippen molar-refractivity contribution in [2.75, 3.05) is 13.1 Å². The number of alkyl halides is 3. The minimum atomic E-state index is -4.26. The van der Waals surface area contributed by atoms with Crippen molar-refractivity contribution in [1.29, 1.82) is 0 Å². The highest BCUT2D eigenvalue weighted by Gasteiger charge is 2.29. The van der Waals surface area contributed by atoms with E-state index in [1.165, 1.54) is 0 Å². The van der Waals surface area contributed by atoms with Crippen molar-refractivity contribution in [3.05, 3.63) is 0 Å². The summed E-state index contributed by atoms with van der Waals surface area (Å²) in [6, 6.07) is -0.0468. The molecule has 0 spiro atoms. The first kappa shape index (κ1) is 16.5. The van der Waals surface area contributed by atoms with E-state index < -0.39 is 24.9 Å². The molecule has 0 bridgehead atoms. The van der Waals surface area contributed by atoms with Gasteiger partial charge in [0, 0.05) is 19.0 Å². The average molecular weight is 275 g/mol. The molecule has 1 amide bonds. The monoisotopic (exact) mass is 274 g/mol. The Labute approximate surface area is 105 Å². The van der Waals surface area contributed by atoms with E-state index in [9.17, 15) is 18.0 Å². The highest BCUT2D eigenvalue weighted by atomic mass is 35.5. The van der Waals surface area contributed by atoms with Gasteiger partial charge in [-0.15, -0.1) is 12.4 Å². The van der Waals surface area contributed by atoms with Crippen molar-refractivity contribution in [3.63, 3.8) is 0 Å². The summed E-state index contributed by atoms with van der Waals surface area (Å²) in [5, 5.41) is 5.75. The Bertz CT molecular complexity index is 248. The van der Waals surface area contributed by atoms with Gasteiger partial charge in [0.15, 0.2) is 0 Å². The van der Waals surface area contributed by atoms with Crippen molar-refractivity contribution in [1.82, 2.24) is 10.6 Å². The van der Waals surface area contributed by atoms with Crippen LogP contribution in [0.25, 0.3) is 0 Å². The smallest absolute Gasteiger partial charge is 0.352 e. The molecule has 1 fully saturated rings. The molecule has 17 heavy (non-hydrogen) atoms. The fraction of sp³-hybridized carbons (Fsp3) is 0.900. The first-order valence-corrected chi connectivity index (χ1v) is 5.45. The van der Waals surface area contributed by atoms with Gasteiger partial charge in [-0.05, 0) is 18.9 Å². The zero-order valence-electron chi connectivity index (χ0n) is 9.64. The van der Waals surface area contributed by atoms with Crippen LogP contribution in [0.2, 0.25) is 0 Å². The van der Waals surface area contributed by atoms with Crippen LogP contribution in [0.4, 0.5) is 13.2 Å². The van der Waals surface area contributed by atoms with E-state index in [1.807, 2.05) is 6.92 Å². The molecule has 2 unspecified atom stereocenters. The lowest BCUT2D eigenvalue weighted by Crippen LogP contribution is -2.50. The SMILES string of the molecule is CC1CCNCC1NC(=O)CCC(F)(F)F.Cl. The summed E-state index contributed by atoms with van der Waals surface area (Å²) < 4.78 is 35.6. The van der Waals surface area contributed by atoms with Crippen LogP contribution in [-0.4, -0.2) is 31.2 Å². The minimum absolute atomic E-state index is 0. The predicted molar refractivity (Wildman–Crippen MR) is 61.1 cm³/mol. The molecule has 0 aromatic rings. The molecule has 1 rings (SSSR count). The zero-order chi connectivity index (χ0) is 12.2. The van der Waals surface area contributed by atoms with Crippen LogP contribution >= 0.6 is 12.4 Å². The van der Waals surface area contributed by atoms with E-state index in [1.54, 1.807) is 0 Å². The normalized spacial score (nSPS) is 24.9. The second-order valence-electron chi connectivity index (χ2n) is 4.26. The molecule has 0 aromatic heterocycles. The Hall–Kier alpha value is -0.490. The number of hydrogen-bond donors (Lipinski definition) is 2. The molecule has 3 nitrogen and oxygen atoms in total. The zero-order valence-corrected chi connectivity index (χ0v) is 10.5. The second-order valence-corrected chi connectivity index (χ2v) is 4.26. The maximum atomic E-state index is 11.9. The molecule has 2 N–H and O–H groups in total. The molecule has 102 valence electrons. The molecule has 0 saturated carbocycles. The summed E-state index contributed by atoms with van der Waals surface area (Å²) in [5.74, 6) is -0.200. The summed E-state index contributed by atoms with van der Waals surface area (Å²) in [6.45, 7) is 3.53. The van der Waals surface area contributed by atoms with E-state index in [-0.39, 0.29) is 18.4 Å². The van der Waals surface area contributed by atoms with Crippen molar-refractivity contribution < 1.29 is 18.0 Å². The molecule has 1 saturated heterocycles. The summed E-state index contributed by atoms with van der Waals surface area (Å²) in [6.07, 6.45) is -4.85. The third-order valence-electron chi connectivity index (χ3n) is 2.81. The van der Waals surface area contributed by atoms with Crippen LogP contribution in [0.3, 0.4) is 0 Å². The van der Waals surface area contributed by atoms with Gasteiger partial charge in [-0.2, -0.15) is 13.2 Å². The van der Waals surface area contributed by atoms with Gasteiger partial charge >= 0.3 is 6.18 Å². The maximum absolute atomic E-state index is 11.9. The maximum Gasteiger partial charge on any atom is 0.389 e. The average Bonchev–Trinajstić information content (AvgIpc) is 2.18. The van der Waals surface area contributed by atoms with Gasteiger partial charge in [-0.3, -0.25) is 4.79 Å². The lowest BCUT2D eigenvalue weighted by molar-refractivity contribution is -0.144. The third-order valence-corrected chi connectivity index (χ3v) is 2.81. The molecular weight excluding hydrogens is 257 g/mol. The molecule has 2 atom stereocenters. The van der Waals surface area contributed by atoms with Crippen LogP contribution in [-0.2, 0) is 4.79 Å². The Morgan fingerprint density at radius 3 is 2.65 bits per heavy atom. The van der Waals surface area contributed by atoms with Crippen molar-refractivity contribution in [2.24, 2.45) is 5.92 Å². The van der Waals surface area contributed by atoms with E-state index in [4.69, 9.17) is 0 Å². The molecule has 7 heteroatoms. The Morgan fingerprint density at radius 2 is 2.12 bits per heavy atom. The van der Waals surface area contributed by atoms with Crippen LogP contribution in [0.5, 0.6) is 0 Å². The molecule has 0 radical (unpaired) electrons. The van der Waals surface area contributed by atoms with Crippen LogP contribution in [0, 0.1) is 5.92 Å². The quantitative estimate of drug-likeness (QED) is 0.825. The number of nitrogens with one attached hydrogen (secondary N) is 2. The number of carbonyl (C=O) groups is 1. The van der Waals surface area contributed by atoms with Crippen LogP contribution < -0.4 is 10.6 Å².